The highest BCUT2D eigenvalue weighted by molar-refractivity contribution is 5.91. The molecule has 96 valence electrons. The van der Waals surface area contributed by atoms with Crippen LogP contribution >= 0.6 is 0 Å². The number of hydrogen-bond acceptors (Lipinski definition) is 2. The van der Waals surface area contributed by atoms with Gasteiger partial charge in [-0.05, 0) is 37.7 Å². The van der Waals surface area contributed by atoms with E-state index in [2.05, 4.69) is 26.8 Å². The summed E-state index contributed by atoms with van der Waals surface area (Å²) in [7, 11) is 0. The van der Waals surface area contributed by atoms with Gasteiger partial charge in [0.15, 0.2) is 5.78 Å². The van der Waals surface area contributed by atoms with E-state index in [4.69, 9.17) is 0 Å². The molecule has 0 aliphatic heterocycles. The molecule has 0 aromatic carbocycles. The van der Waals surface area contributed by atoms with Crippen molar-refractivity contribution in [2.45, 2.75) is 53.1 Å². The molecule has 2 unspecified atom stereocenters. The van der Waals surface area contributed by atoms with Crippen LogP contribution in [0, 0.1) is 11.3 Å². The number of carbonyl (C=O) groups excluding carboxylic acids is 1. The molecule has 0 heterocycles. The summed E-state index contributed by atoms with van der Waals surface area (Å²) in [6.07, 6.45) is 7.77. The first-order valence-electron chi connectivity index (χ1n) is 6.38. The van der Waals surface area contributed by atoms with Gasteiger partial charge in [0.1, 0.15) is 0 Å². The predicted molar refractivity (Wildman–Crippen MR) is 70.7 cm³/mol. The van der Waals surface area contributed by atoms with Crippen LogP contribution in [0.25, 0.3) is 0 Å². The Morgan fingerprint density at radius 2 is 2.06 bits per heavy atom. The topological polar surface area (TPSA) is 37.3 Å². The molecule has 1 aliphatic rings. The van der Waals surface area contributed by atoms with Crippen molar-refractivity contribution in [1.82, 2.24) is 0 Å². The number of rotatable bonds is 0. The van der Waals surface area contributed by atoms with E-state index in [-0.39, 0.29) is 17.1 Å². The maximum Gasteiger partial charge on any atom is 0.160 e. The molecule has 1 rings (SSSR count). The van der Waals surface area contributed by atoms with E-state index in [0.717, 1.165) is 12.8 Å². The Labute approximate surface area is 104 Å². The molecule has 1 N–H and O–H groups in total. The van der Waals surface area contributed by atoms with E-state index in [1.807, 2.05) is 6.08 Å². The highest BCUT2D eigenvalue weighted by Gasteiger charge is 2.22. The fourth-order valence-corrected chi connectivity index (χ4v) is 1.88. The molecule has 0 fully saturated rings. The molecule has 2 heteroatoms. The lowest BCUT2D eigenvalue weighted by Crippen LogP contribution is -2.24. The summed E-state index contributed by atoms with van der Waals surface area (Å²) in [4.78, 5) is 11.9. The normalized spacial score (nSPS) is 30.6. The lowest BCUT2D eigenvalue weighted by molar-refractivity contribution is -0.121. The predicted octanol–water partition coefficient (Wildman–Crippen LogP) is 3.27. The second kappa shape index (κ2) is 5.63. The highest BCUT2D eigenvalue weighted by Crippen LogP contribution is 2.26. The third kappa shape index (κ3) is 4.47. The van der Waals surface area contributed by atoms with Gasteiger partial charge >= 0.3 is 0 Å². The number of allylic oxidation sites excluding steroid dienone is 4. The number of ketones is 1. The van der Waals surface area contributed by atoms with Crippen molar-refractivity contribution in [1.29, 1.82) is 0 Å². The van der Waals surface area contributed by atoms with Crippen molar-refractivity contribution in [2.24, 2.45) is 11.3 Å². The Balaban J connectivity index is 2.92. The Bertz CT molecular complexity index is 337. The monoisotopic (exact) mass is 236 g/mol. The zero-order chi connectivity index (χ0) is 13.1. The van der Waals surface area contributed by atoms with Crippen LogP contribution < -0.4 is 0 Å². The molecule has 0 bridgehead atoms. The van der Waals surface area contributed by atoms with Gasteiger partial charge in [0.25, 0.3) is 0 Å². The molecule has 0 amide bonds. The first-order valence-corrected chi connectivity index (χ1v) is 6.38. The average Bonchev–Trinajstić information content (AvgIpc) is 2.29. The molecular formula is C15H24O2. The first-order chi connectivity index (χ1) is 7.82. The van der Waals surface area contributed by atoms with E-state index in [1.54, 1.807) is 13.0 Å². The lowest BCUT2D eigenvalue weighted by atomic mass is 9.87. The van der Waals surface area contributed by atoms with Crippen LogP contribution in [0.5, 0.6) is 0 Å². The fourth-order valence-electron chi connectivity index (χ4n) is 1.88. The molecule has 0 radical (unpaired) electrons. The quantitative estimate of drug-likeness (QED) is 0.655. The van der Waals surface area contributed by atoms with Gasteiger partial charge in [0, 0.05) is 5.92 Å². The minimum Gasteiger partial charge on any atom is -0.392 e. The molecule has 0 aromatic rings. The van der Waals surface area contributed by atoms with E-state index >= 15 is 0 Å². The minimum absolute atomic E-state index is 0.00589. The van der Waals surface area contributed by atoms with Crippen LogP contribution in [0.1, 0.15) is 47.0 Å². The van der Waals surface area contributed by atoms with Crippen molar-refractivity contribution >= 4 is 5.78 Å². The lowest BCUT2D eigenvalue weighted by Gasteiger charge is -2.18. The Hall–Kier alpha value is -0.890. The van der Waals surface area contributed by atoms with Crippen molar-refractivity contribution in [3.8, 4) is 0 Å². The Morgan fingerprint density at radius 1 is 1.41 bits per heavy atom. The number of aliphatic hydroxyl groups is 1. The molecule has 0 saturated carbocycles. The maximum atomic E-state index is 11.9. The maximum absolute atomic E-state index is 11.9. The van der Waals surface area contributed by atoms with Gasteiger partial charge in [-0.25, -0.2) is 0 Å². The second-order valence-corrected chi connectivity index (χ2v) is 5.87. The molecule has 0 spiro atoms. The zero-order valence-corrected chi connectivity index (χ0v) is 11.4. The van der Waals surface area contributed by atoms with Gasteiger partial charge < -0.3 is 5.11 Å². The molecule has 2 atom stereocenters. The third-order valence-corrected chi connectivity index (χ3v) is 3.54. The largest absolute Gasteiger partial charge is 0.392 e. The van der Waals surface area contributed by atoms with Gasteiger partial charge in [0.05, 0.1) is 6.10 Å². The van der Waals surface area contributed by atoms with Crippen molar-refractivity contribution in [2.75, 3.05) is 0 Å². The molecule has 1 aliphatic carbocycles. The van der Waals surface area contributed by atoms with Crippen LogP contribution in [-0.4, -0.2) is 17.0 Å². The van der Waals surface area contributed by atoms with Crippen molar-refractivity contribution < 1.29 is 9.90 Å². The number of hydrogen-bond donors (Lipinski definition) is 1. The summed E-state index contributed by atoms with van der Waals surface area (Å²) in [5, 5.41) is 9.93. The standard InChI is InChI=1S/C15H24O2/c1-11-5-6-13(16)12(2)14(17)8-10-15(3,4)9-7-11/h7-8,10,12-13,16H,5-6,9H2,1-4H3. The van der Waals surface area contributed by atoms with Crippen LogP contribution in [0.4, 0.5) is 0 Å². The SMILES string of the molecule is CC1=CCC(C)(C)C=CC(=O)C(C)C(O)CC1. The van der Waals surface area contributed by atoms with Gasteiger partial charge in [-0.3, -0.25) is 4.79 Å². The highest BCUT2D eigenvalue weighted by atomic mass is 16.3. The summed E-state index contributed by atoms with van der Waals surface area (Å²) < 4.78 is 0. The van der Waals surface area contributed by atoms with Crippen LogP contribution in [0.15, 0.2) is 23.8 Å². The fraction of sp³-hybridized carbons (Fsp3) is 0.667. The molecule has 0 aromatic heterocycles. The second-order valence-electron chi connectivity index (χ2n) is 5.87. The molecule has 2 nitrogen and oxygen atoms in total. The summed E-state index contributed by atoms with van der Waals surface area (Å²) in [6.45, 7) is 8.15. The van der Waals surface area contributed by atoms with Gasteiger partial charge in [-0.15, -0.1) is 0 Å². The minimum atomic E-state index is -0.531. The average molecular weight is 236 g/mol. The first kappa shape index (κ1) is 14.2. The summed E-state index contributed by atoms with van der Waals surface area (Å²) in [5.41, 5.74) is 1.30. The third-order valence-electron chi connectivity index (χ3n) is 3.54. The van der Waals surface area contributed by atoms with Crippen molar-refractivity contribution in [3.05, 3.63) is 23.8 Å². The molecular weight excluding hydrogens is 212 g/mol. The molecule has 17 heavy (non-hydrogen) atoms. The Morgan fingerprint density at radius 3 is 2.71 bits per heavy atom. The molecule has 0 saturated heterocycles. The Kier molecular flexibility index (Phi) is 4.70. The van der Waals surface area contributed by atoms with Crippen LogP contribution in [-0.2, 0) is 4.79 Å². The van der Waals surface area contributed by atoms with E-state index < -0.39 is 6.10 Å². The summed E-state index contributed by atoms with van der Waals surface area (Å²) >= 11 is 0. The van der Waals surface area contributed by atoms with Crippen LogP contribution in [0.2, 0.25) is 0 Å². The van der Waals surface area contributed by atoms with Crippen LogP contribution in [0.3, 0.4) is 0 Å². The summed E-state index contributed by atoms with van der Waals surface area (Å²) in [5.74, 6) is -0.266. The van der Waals surface area contributed by atoms with Gasteiger partial charge in [-0.2, -0.15) is 0 Å². The smallest absolute Gasteiger partial charge is 0.160 e. The van der Waals surface area contributed by atoms with Gasteiger partial charge in [-0.1, -0.05) is 38.5 Å². The summed E-state index contributed by atoms with van der Waals surface area (Å²) in [6, 6.07) is 0. The van der Waals surface area contributed by atoms with Crippen molar-refractivity contribution in [3.63, 3.8) is 0 Å². The van der Waals surface area contributed by atoms with E-state index in [0.29, 0.717) is 6.42 Å². The number of aliphatic hydroxyl groups excluding tert-OH is 1. The van der Waals surface area contributed by atoms with Gasteiger partial charge in [0.2, 0.25) is 0 Å². The number of carbonyl (C=O) groups is 1. The zero-order valence-electron chi connectivity index (χ0n) is 11.4. The van der Waals surface area contributed by atoms with E-state index in [9.17, 15) is 9.90 Å². The van der Waals surface area contributed by atoms with E-state index in [1.165, 1.54) is 5.57 Å².